The molecule has 0 saturated carbocycles. The molecule has 124 valence electrons. The predicted molar refractivity (Wildman–Crippen MR) is 78.2 cm³/mol. The Bertz CT molecular complexity index is 685. The Balaban J connectivity index is 2.00. The Labute approximate surface area is 132 Å². The molecule has 0 aliphatic heterocycles. The van der Waals surface area contributed by atoms with E-state index in [1.54, 1.807) is 17.8 Å². The topological polar surface area (TPSA) is 105 Å². The van der Waals surface area contributed by atoms with Gasteiger partial charge >= 0.3 is 11.9 Å². The second-order valence-corrected chi connectivity index (χ2v) is 4.57. The van der Waals surface area contributed by atoms with Gasteiger partial charge in [-0.25, -0.2) is 15.0 Å². The first kappa shape index (κ1) is 16.8. The van der Waals surface area contributed by atoms with Gasteiger partial charge in [-0.15, -0.1) is 0 Å². The lowest BCUT2D eigenvalue weighted by atomic mass is 10.3. The fourth-order valence-corrected chi connectivity index (χ4v) is 1.91. The summed E-state index contributed by atoms with van der Waals surface area (Å²) in [4.78, 5) is 34.7. The van der Waals surface area contributed by atoms with Crippen LogP contribution < -0.4 is 0 Å². The molecule has 0 aliphatic rings. The molecule has 0 bridgehead atoms. The quantitative estimate of drug-likeness (QED) is 0.510. The van der Waals surface area contributed by atoms with Crippen molar-refractivity contribution in [2.45, 2.75) is 27.0 Å². The zero-order valence-corrected chi connectivity index (χ0v) is 13.0. The van der Waals surface area contributed by atoms with Gasteiger partial charge in [0.1, 0.15) is 25.2 Å². The molecule has 0 aliphatic carbocycles. The van der Waals surface area contributed by atoms with Gasteiger partial charge in [-0.05, 0) is 6.92 Å². The summed E-state index contributed by atoms with van der Waals surface area (Å²) < 4.78 is 16.8. The van der Waals surface area contributed by atoms with Crippen LogP contribution in [-0.2, 0) is 37.0 Å². The third-order valence-electron chi connectivity index (χ3n) is 2.86. The molecule has 0 amide bonds. The average Bonchev–Trinajstić information content (AvgIpc) is 2.91. The Morgan fingerprint density at radius 2 is 2.00 bits per heavy atom. The molecule has 0 N–H and O–H groups in total. The molecule has 0 unspecified atom stereocenters. The van der Waals surface area contributed by atoms with E-state index in [1.807, 2.05) is 0 Å². The molecule has 2 aromatic heterocycles. The zero-order valence-electron chi connectivity index (χ0n) is 13.0. The number of imidazole rings is 1. The van der Waals surface area contributed by atoms with Crippen molar-refractivity contribution in [3.05, 3.63) is 18.3 Å². The molecule has 0 spiro atoms. The molecular formula is C14H18N4O5. The van der Waals surface area contributed by atoms with Gasteiger partial charge in [0, 0.05) is 6.92 Å². The second kappa shape index (κ2) is 8.18. The van der Waals surface area contributed by atoms with E-state index in [-0.39, 0.29) is 38.3 Å². The summed E-state index contributed by atoms with van der Waals surface area (Å²) in [5, 5.41) is 0. The second-order valence-electron chi connectivity index (χ2n) is 4.57. The minimum atomic E-state index is -0.361. The number of fused-ring (bicyclic) bond motifs is 1. The molecule has 0 fully saturated rings. The largest absolute Gasteiger partial charge is 0.466 e. The highest BCUT2D eigenvalue weighted by Crippen LogP contribution is 2.14. The van der Waals surface area contributed by atoms with E-state index in [2.05, 4.69) is 15.0 Å². The van der Waals surface area contributed by atoms with Crippen molar-refractivity contribution in [2.75, 3.05) is 19.8 Å². The van der Waals surface area contributed by atoms with Crippen molar-refractivity contribution in [3.63, 3.8) is 0 Å². The average molecular weight is 322 g/mol. The van der Waals surface area contributed by atoms with Crippen LogP contribution in [0.4, 0.5) is 0 Å². The lowest BCUT2D eigenvalue weighted by Crippen LogP contribution is -2.11. The summed E-state index contributed by atoms with van der Waals surface area (Å²) in [6.07, 6.45) is 2.96. The number of hydrogen-bond acceptors (Lipinski definition) is 8. The van der Waals surface area contributed by atoms with Crippen LogP contribution >= 0.6 is 0 Å². The van der Waals surface area contributed by atoms with E-state index in [4.69, 9.17) is 14.2 Å². The number of aromatic nitrogens is 4. The van der Waals surface area contributed by atoms with Gasteiger partial charge in [0.2, 0.25) is 0 Å². The van der Waals surface area contributed by atoms with Crippen LogP contribution in [-0.4, -0.2) is 51.3 Å². The van der Waals surface area contributed by atoms with Gasteiger partial charge in [0.15, 0.2) is 5.65 Å². The molecule has 0 aromatic carbocycles. The number of rotatable bonds is 8. The van der Waals surface area contributed by atoms with Crippen LogP contribution in [0.25, 0.3) is 11.2 Å². The molecule has 0 radical (unpaired) electrons. The lowest BCUT2D eigenvalue weighted by molar-refractivity contribution is -0.143. The van der Waals surface area contributed by atoms with Crippen molar-refractivity contribution in [2.24, 2.45) is 0 Å². The number of hydrogen-bond donors (Lipinski definition) is 0. The highest BCUT2D eigenvalue weighted by molar-refractivity contribution is 5.80. The number of esters is 2. The molecule has 9 heteroatoms. The highest BCUT2D eigenvalue weighted by atomic mass is 16.6. The van der Waals surface area contributed by atoms with E-state index < -0.39 is 0 Å². The molecule has 0 atom stereocenters. The molecule has 9 nitrogen and oxygen atoms in total. The molecule has 2 heterocycles. The van der Waals surface area contributed by atoms with E-state index in [0.29, 0.717) is 23.5 Å². The minimum absolute atomic E-state index is 0.0389. The van der Waals surface area contributed by atoms with Gasteiger partial charge in [0.25, 0.3) is 0 Å². The molecule has 2 aromatic rings. The van der Waals surface area contributed by atoms with Crippen molar-refractivity contribution >= 4 is 23.1 Å². The minimum Gasteiger partial charge on any atom is -0.466 e. The summed E-state index contributed by atoms with van der Waals surface area (Å²) in [6.45, 7) is 4.05. The standard InChI is InChI=1S/C14H18N4O5/c1-3-22-12(20)6-11-13-14(16-7-15-11)18(8-17-13)9-21-4-5-23-10(2)19/h7-8H,3-6,9H2,1-2H3. The number of nitrogens with zero attached hydrogens (tertiary/aromatic N) is 4. The number of ether oxygens (including phenoxy) is 3. The first-order chi connectivity index (χ1) is 11.1. The first-order valence-electron chi connectivity index (χ1n) is 7.13. The molecule has 23 heavy (non-hydrogen) atoms. The lowest BCUT2D eigenvalue weighted by Gasteiger charge is -2.06. The summed E-state index contributed by atoms with van der Waals surface area (Å²) in [5.74, 6) is -0.710. The van der Waals surface area contributed by atoms with Crippen LogP contribution in [0.3, 0.4) is 0 Å². The van der Waals surface area contributed by atoms with Gasteiger partial charge in [-0.3, -0.25) is 14.2 Å². The summed E-state index contributed by atoms with van der Waals surface area (Å²) >= 11 is 0. The maximum atomic E-state index is 11.6. The molecular weight excluding hydrogens is 304 g/mol. The number of carbonyl (C=O) groups excluding carboxylic acids is 2. The maximum absolute atomic E-state index is 11.6. The van der Waals surface area contributed by atoms with Crippen molar-refractivity contribution < 1.29 is 23.8 Å². The third-order valence-corrected chi connectivity index (χ3v) is 2.86. The van der Waals surface area contributed by atoms with Crippen LogP contribution in [0, 0.1) is 0 Å². The highest BCUT2D eigenvalue weighted by Gasteiger charge is 2.13. The fourth-order valence-electron chi connectivity index (χ4n) is 1.91. The van der Waals surface area contributed by atoms with Gasteiger partial charge in [-0.2, -0.15) is 0 Å². The Hall–Kier alpha value is -2.55. The SMILES string of the molecule is CCOC(=O)Cc1ncnc2c1ncn2COCCOC(C)=O. The Morgan fingerprint density at radius 1 is 1.17 bits per heavy atom. The van der Waals surface area contributed by atoms with Gasteiger partial charge < -0.3 is 14.2 Å². The van der Waals surface area contributed by atoms with E-state index >= 15 is 0 Å². The van der Waals surface area contributed by atoms with Crippen LogP contribution in [0.2, 0.25) is 0 Å². The van der Waals surface area contributed by atoms with Crippen LogP contribution in [0.5, 0.6) is 0 Å². The van der Waals surface area contributed by atoms with E-state index in [0.717, 1.165) is 0 Å². The molecule has 0 saturated heterocycles. The van der Waals surface area contributed by atoms with Crippen molar-refractivity contribution in [1.29, 1.82) is 0 Å². The first-order valence-corrected chi connectivity index (χ1v) is 7.13. The normalized spacial score (nSPS) is 10.7. The summed E-state index contributed by atoms with van der Waals surface area (Å²) in [5.41, 5.74) is 1.60. The monoisotopic (exact) mass is 322 g/mol. The van der Waals surface area contributed by atoms with Crippen molar-refractivity contribution in [1.82, 2.24) is 19.5 Å². The van der Waals surface area contributed by atoms with Crippen molar-refractivity contribution in [3.8, 4) is 0 Å². The Kier molecular flexibility index (Phi) is 5.98. The van der Waals surface area contributed by atoms with E-state index in [9.17, 15) is 9.59 Å². The number of carbonyl (C=O) groups is 2. The fraction of sp³-hybridized carbons (Fsp3) is 0.500. The zero-order chi connectivity index (χ0) is 16.7. The van der Waals surface area contributed by atoms with Crippen LogP contribution in [0.15, 0.2) is 12.7 Å². The van der Waals surface area contributed by atoms with Gasteiger partial charge in [0.05, 0.1) is 31.7 Å². The summed E-state index contributed by atoms with van der Waals surface area (Å²) in [6, 6.07) is 0. The third kappa shape index (κ3) is 4.71. The Morgan fingerprint density at radius 3 is 2.74 bits per heavy atom. The predicted octanol–water partition coefficient (Wildman–Crippen LogP) is 0.469. The summed E-state index contributed by atoms with van der Waals surface area (Å²) in [7, 11) is 0. The van der Waals surface area contributed by atoms with Gasteiger partial charge in [-0.1, -0.05) is 0 Å². The van der Waals surface area contributed by atoms with Crippen LogP contribution in [0.1, 0.15) is 19.5 Å². The molecule has 2 rings (SSSR count). The smallest absolute Gasteiger partial charge is 0.311 e. The maximum Gasteiger partial charge on any atom is 0.311 e. The van der Waals surface area contributed by atoms with E-state index in [1.165, 1.54) is 13.3 Å².